The Hall–Kier alpha value is -7.68. The van der Waals surface area contributed by atoms with Crippen LogP contribution in [0.1, 0.15) is 17.7 Å². The second kappa shape index (κ2) is 15.2. The van der Waals surface area contributed by atoms with E-state index in [1.54, 1.807) is 0 Å². The van der Waals surface area contributed by atoms with Gasteiger partial charge in [0, 0.05) is 39.4 Å². The maximum absolute atomic E-state index is 2.48. The van der Waals surface area contributed by atoms with Crippen LogP contribution in [0.5, 0.6) is 0 Å². The molecule has 0 saturated carbocycles. The summed E-state index contributed by atoms with van der Waals surface area (Å²) in [5.74, 6) is 0. The van der Waals surface area contributed by atoms with Gasteiger partial charge >= 0.3 is 0 Å². The molecule has 0 amide bonds. The van der Waals surface area contributed by atoms with E-state index in [0.717, 1.165) is 35.5 Å². The second-order valence-corrected chi connectivity index (χ2v) is 15.7. The number of hydrogen-bond donors (Lipinski definition) is 0. The molecule has 0 radical (unpaired) electrons. The Kier molecular flexibility index (Phi) is 9.02. The maximum atomic E-state index is 2.48. The third kappa shape index (κ3) is 6.49. The molecule has 11 rings (SSSR count). The molecule has 2 nitrogen and oxygen atoms in total. The van der Waals surface area contributed by atoms with Crippen molar-refractivity contribution in [1.82, 2.24) is 4.57 Å². The molecule has 9 aromatic carbocycles. The van der Waals surface area contributed by atoms with Crippen LogP contribution in [0, 0.1) is 0 Å². The summed E-state index contributed by atoms with van der Waals surface area (Å²) >= 11 is 0. The Morgan fingerprint density at radius 1 is 0.383 bits per heavy atom. The zero-order valence-electron chi connectivity index (χ0n) is 33.2. The molecule has 0 atom stereocenters. The first-order chi connectivity index (χ1) is 29.7. The molecule has 0 bridgehead atoms. The van der Waals surface area contributed by atoms with Gasteiger partial charge in [0.1, 0.15) is 0 Å². The van der Waals surface area contributed by atoms with Gasteiger partial charge in [-0.25, -0.2) is 0 Å². The lowest BCUT2D eigenvalue weighted by atomic mass is 9.96. The molecule has 284 valence electrons. The van der Waals surface area contributed by atoms with Crippen LogP contribution < -0.4 is 4.90 Å². The number of nitrogens with zero attached hydrogens (tertiary/aromatic N) is 2. The zero-order chi connectivity index (χ0) is 39.8. The van der Waals surface area contributed by atoms with Gasteiger partial charge in [0.05, 0.1) is 5.52 Å². The van der Waals surface area contributed by atoms with Gasteiger partial charge in [-0.2, -0.15) is 0 Å². The number of rotatable bonds is 8. The van der Waals surface area contributed by atoms with Crippen LogP contribution in [0.4, 0.5) is 17.1 Å². The van der Waals surface area contributed by atoms with Crippen LogP contribution in [0.25, 0.3) is 77.9 Å². The van der Waals surface area contributed by atoms with Crippen molar-refractivity contribution in [2.45, 2.75) is 12.8 Å². The largest absolute Gasteiger partial charge is 0.313 e. The molecular formula is C58H42N2. The van der Waals surface area contributed by atoms with Gasteiger partial charge in [-0.1, -0.05) is 170 Å². The molecule has 0 N–H and O–H groups in total. The lowest BCUT2D eigenvalue weighted by Crippen LogP contribution is -2.10. The van der Waals surface area contributed by atoms with E-state index in [1.807, 2.05) is 0 Å². The highest BCUT2D eigenvalue weighted by Gasteiger charge is 2.20. The van der Waals surface area contributed by atoms with Crippen molar-refractivity contribution in [2.24, 2.45) is 0 Å². The molecule has 0 fully saturated rings. The fourth-order valence-corrected chi connectivity index (χ4v) is 9.14. The first-order valence-corrected chi connectivity index (χ1v) is 20.9. The smallest absolute Gasteiger partial charge is 0.0537 e. The quantitative estimate of drug-likeness (QED) is 0.150. The minimum Gasteiger partial charge on any atom is -0.313 e. The second-order valence-electron chi connectivity index (χ2n) is 15.7. The standard InChI is InChI=1S/C58H42N2/c1-3-15-41(16-4-1)43-29-33-49(34-30-43)59(50-35-31-45(32-36-50)54-26-14-20-44-19-7-8-23-53(44)54)52-39-47(42-17-5-2-6-18-42)37-48(40-52)46-21-13-22-51(38-46)60-57-27-11-9-24-55(57)56-25-10-12-28-58(56)60/h1-11,13-27,29-40H,12,28H2. The van der Waals surface area contributed by atoms with Crippen LogP contribution >= 0.6 is 0 Å². The zero-order valence-corrected chi connectivity index (χ0v) is 33.2. The van der Waals surface area contributed by atoms with Gasteiger partial charge in [-0.05, 0) is 129 Å². The summed E-state index contributed by atoms with van der Waals surface area (Å²) in [4.78, 5) is 2.41. The van der Waals surface area contributed by atoms with Crippen LogP contribution in [-0.2, 0) is 6.42 Å². The predicted octanol–water partition coefficient (Wildman–Crippen LogP) is 15.9. The van der Waals surface area contributed by atoms with Crippen LogP contribution in [0.15, 0.2) is 224 Å². The average Bonchev–Trinajstić information content (AvgIpc) is 3.67. The van der Waals surface area contributed by atoms with E-state index in [4.69, 9.17) is 0 Å². The highest BCUT2D eigenvalue weighted by molar-refractivity contribution is 5.97. The van der Waals surface area contributed by atoms with Gasteiger partial charge in [0.15, 0.2) is 0 Å². The SMILES string of the molecule is C1=Cc2c(n(-c3cccc(-c4cc(-c5ccccc5)cc(N(c5ccc(-c6ccccc6)cc5)c5ccc(-c6cccc7ccccc67)cc5)c4)c3)c3ccccc23)CC1. The lowest BCUT2D eigenvalue weighted by molar-refractivity contribution is 0.889. The van der Waals surface area contributed by atoms with Gasteiger partial charge in [-0.3, -0.25) is 0 Å². The minimum atomic E-state index is 1.02. The summed E-state index contributed by atoms with van der Waals surface area (Å²) in [6, 6.07) is 79.6. The molecular weight excluding hydrogens is 725 g/mol. The molecule has 10 aromatic rings. The lowest BCUT2D eigenvalue weighted by Gasteiger charge is -2.27. The van der Waals surface area contributed by atoms with Gasteiger partial charge in [0.2, 0.25) is 0 Å². The van der Waals surface area contributed by atoms with E-state index in [1.165, 1.54) is 77.6 Å². The van der Waals surface area contributed by atoms with Gasteiger partial charge in [0.25, 0.3) is 0 Å². The highest BCUT2D eigenvalue weighted by Crippen LogP contribution is 2.42. The average molecular weight is 767 g/mol. The number of aromatic nitrogens is 1. The molecule has 2 heteroatoms. The van der Waals surface area contributed by atoms with Crippen molar-refractivity contribution in [3.63, 3.8) is 0 Å². The Balaban J connectivity index is 1.08. The van der Waals surface area contributed by atoms with E-state index >= 15 is 0 Å². The van der Waals surface area contributed by atoms with E-state index in [-0.39, 0.29) is 0 Å². The van der Waals surface area contributed by atoms with E-state index < -0.39 is 0 Å². The van der Waals surface area contributed by atoms with Gasteiger partial charge in [-0.15, -0.1) is 0 Å². The van der Waals surface area contributed by atoms with Crippen LogP contribution in [0.2, 0.25) is 0 Å². The Morgan fingerprint density at radius 2 is 0.950 bits per heavy atom. The Labute approximate surface area is 351 Å². The monoisotopic (exact) mass is 766 g/mol. The maximum Gasteiger partial charge on any atom is 0.0537 e. The first-order valence-electron chi connectivity index (χ1n) is 20.9. The molecule has 1 aliphatic rings. The highest BCUT2D eigenvalue weighted by atomic mass is 15.1. The Morgan fingerprint density at radius 3 is 1.70 bits per heavy atom. The molecule has 0 aliphatic heterocycles. The van der Waals surface area contributed by atoms with Crippen molar-refractivity contribution in [2.75, 3.05) is 4.90 Å². The fourth-order valence-electron chi connectivity index (χ4n) is 9.14. The van der Waals surface area contributed by atoms with Crippen molar-refractivity contribution in [1.29, 1.82) is 0 Å². The summed E-state index contributed by atoms with van der Waals surface area (Å²) in [5, 5.41) is 3.81. The van der Waals surface area contributed by atoms with Gasteiger partial charge < -0.3 is 9.47 Å². The molecule has 0 spiro atoms. The topological polar surface area (TPSA) is 8.17 Å². The number of para-hydroxylation sites is 1. The Bertz CT molecular complexity index is 3170. The molecule has 1 aliphatic carbocycles. The third-order valence-electron chi connectivity index (χ3n) is 12.0. The molecule has 0 unspecified atom stereocenters. The number of hydrogen-bond acceptors (Lipinski definition) is 1. The van der Waals surface area contributed by atoms with Crippen molar-refractivity contribution >= 4 is 44.8 Å². The van der Waals surface area contributed by atoms with Crippen molar-refractivity contribution in [3.8, 4) is 50.2 Å². The number of allylic oxidation sites excluding steroid dienone is 1. The summed E-state index contributed by atoms with van der Waals surface area (Å²) in [6.45, 7) is 0. The van der Waals surface area contributed by atoms with Crippen molar-refractivity contribution in [3.05, 3.63) is 236 Å². The summed E-state index contributed by atoms with van der Waals surface area (Å²) < 4.78 is 2.48. The normalized spacial score (nSPS) is 12.1. The number of benzene rings is 9. The summed E-state index contributed by atoms with van der Waals surface area (Å²) in [5.41, 5.74) is 18.0. The third-order valence-corrected chi connectivity index (χ3v) is 12.0. The minimum absolute atomic E-state index is 1.02. The van der Waals surface area contributed by atoms with Crippen LogP contribution in [-0.4, -0.2) is 4.57 Å². The molecule has 1 aromatic heterocycles. The molecule has 0 saturated heterocycles. The fraction of sp³-hybridized carbons (Fsp3) is 0.0345. The van der Waals surface area contributed by atoms with E-state index in [2.05, 4.69) is 240 Å². The summed E-state index contributed by atoms with van der Waals surface area (Å²) in [6.07, 6.45) is 6.70. The summed E-state index contributed by atoms with van der Waals surface area (Å²) in [7, 11) is 0. The molecule has 1 heterocycles. The first kappa shape index (κ1) is 35.5. The van der Waals surface area contributed by atoms with Crippen molar-refractivity contribution < 1.29 is 0 Å². The predicted molar refractivity (Wildman–Crippen MR) is 255 cm³/mol. The van der Waals surface area contributed by atoms with E-state index in [9.17, 15) is 0 Å². The molecule has 60 heavy (non-hydrogen) atoms. The number of fused-ring (bicyclic) bond motifs is 4. The number of anilines is 3. The van der Waals surface area contributed by atoms with E-state index in [0.29, 0.717) is 0 Å². The van der Waals surface area contributed by atoms with Crippen LogP contribution in [0.3, 0.4) is 0 Å².